The van der Waals surface area contributed by atoms with Crippen LogP contribution in [0.3, 0.4) is 0 Å². The van der Waals surface area contributed by atoms with E-state index in [1.807, 2.05) is 18.2 Å². The van der Waals surface area contributed by atoms with E-state index in [0.29, 0.717) is 22.4 Å². The van der Waals surface area contributed by atoms with Gasteiger partial charge in [-0.3, -0.25) is 0 Å². The van der Waals surface area contributed by atoms with E-state index in [0.717, 1.165) is 11.1 Å². The maximum Gasteiger partial charge on any atom is 0.121 e. The van der Waals surface area contributed by atoms with Gasteiger partial charge in [0.05, 0.1) is 0 Å². The molecular formula is C16H12Cl2O2. The molecule has 0 saturated carbocycles. The second kappa shape index (κ2) is 7.21. The van der Waals surface area contributed by atoms with Gasteiger partial charge in [0.1, 0.15) is 19.0 Å². The average Bonchev–Trinajstić information content (AvgIpc) is 2.46. The summed E-state index contributed by atoms with van der Waals surface area (Å²) in [5.41, 5.74) is 1.61. The zero-order chi connectivity index (χ0) is 14.4. The Labute approximate surface area is 127 Å². The van der Waals surface area contributed by atoms with Crippen LogP contribution in [0.4, 0.5) is 0 Å². The highest BCUT2D eigenvalue weighted by Gasteiger charge is 2.03. The predicted molar refractivity (Wildman–Crippen MR) is 81.2 cm³/mol. The van der Waals surface area contributed by atoms with Gasteiger partial charge in [-0.2, -0.15) is 0 Å². The van der Waals surface area contributed by atoms with Crippen molar-refractivity contribution in [2.45, 2.75) is 6.61 Å². The normalized spacial score (nSPS) is 9.75. The molecule has 0 saturated heterocycles. The zero-order valence-electron chi connectivity index (χ0n) is 10.6. The summed E-state index contributed by atoms with van der Waals surface area (Å²) in [6.07, 6.45) is 0. The summed E-state index contributed by atoms with van der Waals surface area (Å²) in [5.74, 6) is 6.11. The summed E-state index contributed by atoms with van der Waals surface area (Å²) in [7, 11) is 0. The summed E-state index contributed by atoms with van der Waals surface area (Å²) in [4.78, 5) is 0. The lowest BCUT2D eigenvalue weighted by atomic mass is 10.2. The van der Waals surface area contributed by atoms with Crippen molar-refractivity contribution in [2.75, 3.05) is 6.61 Å². The molecule has 0 aliphatic carbocycles. The van der Waals surface area contributed by atoms with Crippen LogP contribution in [-0.4, -0.2) is 11.7 Å². The van der Waals surface area contributed by atoms with Crippen LogP contribution in [-0.2, 0) is 6.61 Å². The first kappa shape index (κ1) is 14.7. The molecule has 0 aromatic heterocycles. The second-order valence-electron chi connectivity index (χ2n) is 4.01. The van der Waals surface area contributed by atoms with Gasteiger partial charge < -0.3 is 9.84 Å². The summed E-state index contributed by atoms with van der Waals surface area (Å²) in [5, 5.41) is 9.91. The Morgan fingerprint density at radius 2 is 1.95 bits per heavy atom. The molecule has 0 fully saturated rings. The van der Waals surface area contributed by atoms with Gasteiger partial charge in [-0.25, -0.2) is 0 Å². The molecular weight excluding hydrogens is 295 g/mol. The van der Waals surface area contributed by atoms with Crippen molar-refractivity contribution in [2.24, 2.45) is 0 Å². The Morgan fingerprint density at radius 1 is 1.10 bits per heavy atom. The Bertz CT molecular complexity index is 657. The summed E-state index contributed by atoms with van der Waals surface area (Å²) < 4.78 is 5.68. The number of aliphatic hydroxyl groups is 1. The van der Waals surface area contributed by atoms with Crippen LogP contribution < -0.4 is 4.74 Å². The van der Waals surface area contributed by atoms with Gasteiger partial charge in [0.2, 0.25) is 0 Å². The van der Waals surface area contributed by atoms with E-state index >= 15 is 0 Å². The largest absolute Gasteiger partial charge is 0.489 e. The minimum absolute atomic E-state index is 0.163. The van der Waals surface area contributed by atoms with E-state index < -0.39 is 0 Å². The lowest BCUT2D eigenvalue weighted by molar-refractivity contribution is 0.306. The molecule has 0 aliphatic heterocycles. The van der Waals surface area contributed by atoms with Gasteiger partial charge in [0.25, 0.3) is 0 Å². The fourth-order valence-corrected chi connectivity index (χ4v) is 1.99. The first-order chi connectivity index (χ1) is 9.69. The molecule has 2 aromatic rings. The Morgan fingerprint density at radius 3 is 2.75 bits per heavy atom. The average molecular weight is 307 g/mol. The van der Waals surface area contributed by atoms with Crippen molar-refractivity contribution in [3.63, 3.8) is 0 Å². The van der Waals surface area contributed by atoms with Gasteiger partial charge in [0, 0.05) is 21.2 Å². The number of benzene rings is 2. The Hall–Kier alpha value is -1.66. The summed E-state index contributed by atoms with van der Waals surface area (Å²) in [6.45, 7) is 0.166. The molecule has 0 radical (unpaired) electrons. The van der Waals surface area contributed by atoms with Crippen molar-refractivity contribution >= 4 is 23.2 Å². The third kappa shape index (κ3) is 4.18. The quantitative estimate of drug-likeness (QED) is 0.871. The standard InChI is InChI=1S/C16H12Cl2O2/c17-14-6-7-16(18)13(10-14)11-20-15-5-1-3-12(9-15)4-2-8-19/h1,3,5-7,9-10,19H,8,11H2. The number of hydrogen-bond donors (Lipinski definition) is 1. The van der Waals surface area contributed by atoms with Crippen LogP contribution in [0.25, 0.3) is 0 Å². The molecule has 4 heteroatoms. The lowest BCUT2D eigenvalue weighted by Gasteiger charge is -2.08. The lowest BCUT2D eigenvalue weighted by Crippen LogP contribution is -1.96. The molecule has 0 spiro atoms. The first-order valence-corrected chi connectivity index (χ1v) is 6.71. The second-order valence-corrected chi connectivity index (χ2v) is 4.86. The Kier molecular flexibility index (Phi) is 5.31. The SMILES string of the molecule is OCC#Cc1cccc(OCc2cc(Cl)ccc2Cl)c1. The molecule has 20 heavy (non-hydrogen) atoms. The van der Waals surface area contributed by atoms with Crippen LogP contribution in [0.15, 0.2) is 42.5 Å². The molecule has 2 nitrogen and oxygen atoms in total. The van der Waals surface area contributed by atoms with Gasteiger partial charge >= 0.3 is 0 Å². The maximum absolute atomic E-state index is 8.67. The van der Waals surface area contributed by atoms with E-state index in [-0.39, 0.29) is 6.61 Å². The fourth-order valence-electron chi connectivity index (χ4n) is 1.62. The molecule has 0 aliphatic rings. The summed E-state index contributed by atoms with van der Waals surface area (Å²) >= 11 is 12.0. The molecule has 0 atom stereocenters. The van der Waals surface area contributed by atoms with Crippen molar-refractivity contribution < 1.29 is 9.84 Å². The van der Waals surface area contributed by atoms with Gasteiger partial charge in [-0.05, 0) is 36.4 Å². The topological polar surface area (TPSA) is 29.5 Å². The van der Waals surface area contributed by atoms with Crippen molar-refractivity contribution in [3.8, 4) is 17.6 Å². The summed E-state index contributed by atoms with van der Waals surface area (Å²) in [6, 6.07) is 12.6. The van der Waals surface area contributed by atoms with E-state index in [1.165, 1.54) is 0 Å². The third-order valence-corrected chi connectivity index (χ3v) is 3.15. The molecule has 2 aromatic carbocycles. The number of halogens is 2. The van der Waals surface area contributed by atoms with Crippen LogP contribution in [0.5, 0.6) is 5.75 Å². The van der Waals surface area contributed by atoms with Gasteiger partial charge in [-0.1, -0.05) is 41.1 Å². The molecule has 0 bridgehead atoms. The molecule has 0 amide bonds. The highest BCUT2D eigenvalue weighted by Crippen LogP contribution is 2.22. The van der Waals surface area contributed by atoms with Crippen LogP contribution in [0.1, 0.15) is 11.1 Å². The Balaban J connectivity index is 2.09. The van der Waals surface area contributed by atoms with Crippen molar-refractivity contribution in [3.05, 3.63) is 63.6 Å². The first-order valence-electron chi connectivity index (χ1n) is 5.95. The van der Waals surface area contributed by atoms with Gasteiger partial charge in [-0.15, -0.1) is 0 Å². The van der Waals surface area contributed by atoms with E-state index in [9.17, 15) is 0 Å². The number of hydrogen-bond acceptors (Lipinski definition) is 2. The molecule has 0 unspecified atom stereocenters. The zero-order valence-corrected chi connectivity index (χ0v) is 12.1. The maximum atomic E-state index is 8.67. The van der Waals surface area contributed by atoms with Crippen LogP contribution in [0, 0.1) is 11.8 Å². The van der Waals surface area contributed by atoms with Crippen molar-refractivity contribution in [1.29, 1.82) is 0 Å². The monoisotopic (exact) mass is 306 g/mol. The van der Waals surface area contributed by atoms with E-state index in [1.54, 1.807) is 24.3 Å². The predicted octanol–water partition coefficient (Wildman–Crippen LogP) is 3.92. The molecule has 102 valence electrons. The molecule has 1 N–H and O–H groups in total. The molecule has 2 rings (SSSR count). The number of rotatable bonds is 3. The number of aliphatic hydroxyl groups excluding tert-OH is 1. The van der Waals surface area contributed by atoms with Gasteiger partial charge in [0.15, 0.2) is 0 Å². The minimum Gasteiger partial charge on any atom is -0.489 e. The highest BCUT2D eigenvalue weighted by molar-refractivity contribution is 6.33. The smallest absolute Gasteiger partial charge is 0.121 e. The fraction of sp³-hybridized carbons (Fsp3) is 0.125. The van der Waals surface area contributed by atoms with Crippen molar-refractivity contribution in [1.82, 2.24) is 0 Å². The van der Waals surface area contributed by atoms with Crippen LogP contribution in [0.2, 0.25) is 10.0 Å². The number of ether oxygens (including phenoxy) is 1. The highest BCUT2D eigenvalue weighted by atomic mass is 35.5. The van der Waals surface area contributed by atoms with Crippen LogP contribution >= 0.6 is 23.2 Å². The molecule has 0 heterocycles. The minimum atomic E-state index is -0.163. The third-order valence-electron chi connectivity index (χ3n) is 2.55. The van der Waals surface area contributed by atoms with E-state index in [4.69, 9.17) is 33.0 Å². The van der Waals surface area contributed by atoms with E-state index in [2.05, 4.69) is 11.8 Å².